The van der Waals surface area contributed by atoms with Crippen LogP contribution in [0.5, 0.6) is 11.5 Å². The number of halogens is 1. The highest BCUT2D eigenvalue weighted by atomic mass is 35.5. The maximum absolute atomic E-state index is 10.8. The lowest BCUT2D eigenvalue weighted by molar-refractivity contribution is -0.131. The van der Waals surface area contributed by atoms with Crippen molar-refractivity contribution in [3.05, 3.63) is 63.5 Å². The van der Waals surface area contributed by atoms with Crippen molar-refractivity contribution in [2.24, 2.45) is 0 Å². The number of carbonyl (C=O) groups is 1. The number of aliphatic carboxylic acids is 1. The molecule has 0 saturated carbocycles. The van der Waals surface area contributed by atoms with Gasteiger partial charge < -0.3 is 14.6 Å². The fourth-order valence-electron chi connectivity index (χ4n) is 1.88. The number of hydrogen-bond acceptors (Lipinski definition) is 4. The molecule has 0 spiro atoms. The van der Waals surface area contributed by atoms with Gasteiger partial charge in [-0.25, -0.2) is 4.79 Å². The van der Waals surface area contributed by atoms with E-state index in [-0.39, 0.29) is 4.91 Å². The van der Waals surface area contributed by atoms with Gasteiger partial charge in [0.05, 0.1) is 12.0 Å². The summed E-state index contributed by atoms with van der Waals surface area (Å²) in [6.07, 6.45) is 1.44. The Bertz CT molecular complexity index is 743. The molecule has 0 bridgehead atoms. The van der Waals surface area contributed by atoms with E-state index in [4.69, 9.17) is 26.2 Å². The number of rotatable bonds is 6. The lowest BCUT2D eigenvalue weighted by Gasteiger charge is -2.12. The standard InChI is InChI=1S/C17H15ClO4S/c1-21-15-8-11(9-16(23)17(19)20)6-7-14(15)22-10-12-4-2-3-5-13(12)18/h2-9,23H,10H2,1H3,(H,19,20)/b16-9-. The van der Waals surface area contributed by atoms with E-state index < -0.39 is 5.97 Å². The zero-order chi connectivity index (χ0) is 16.8. The first kappa shape index (κ1) is 17.2. The lowest BCUT2D eigenvalue weighted by atomic mass is 10.2. The molecule has 0 fully saturated rings. The first-order valence-corrected chi connectivity index (χ1v) is 7.52. The molecular weight excluding hydrogens is 336 g/mol. The van der Waals surface area contributed by atoms with Crippen molar-refractivity contribution in [3.8, 4) is 11.5 Å². The minimum Gasteiger partial charge on any atom is -0.493 e. The molecule has 2 aromatic rings. The van der Waals surface area contributed by atoms with Crippen LogP contribution in [0.15, 0.2) is 47.4 Å². The predicted octanol–water partition coefficient (Wildman–Crippen LogP) is 4.28. The van der Waals surface area contributed by atoms with E-state index in [0.29, 0.717) is 28.7 Å². The molecule has 0 atom stereocenters. The SMILES string of the molecule is COc1cc(/C=C(\S)C(=O)O)ccc1OCc1ccccc1Cl. The largest absolute Gasteiger partial charge is 0.493 e. The van der Waals surface area contributed by atoms with Crippen LogP contribution >= 0.6 is 24.2 Å². The van der Waals surface area contributed by atoms with Gasteiger partial charge >= 0.3 is 5.97 Å². The van der Waals surface area contributed by atoms with Crippen LogP contribution < -0.4 is 9.47 Å². The van der Waals surface area contributed by atoms with Gasteiger partial charge in [0.2, 0.25) is 0 Å². The average molecular weight is 351 g/mol. The molecular formula is C17H15ClO4S. The van der Waals surface area contributed by atoms with Crippen molar-refractivity contribution in [3.63, 3.8) is 0 Å². The molecule has 0 unspecified atom stereocenters. The minimum absolute atomic E-state index is 0.0585. The number of methoxy groups -OCH3 is 1. The molecule has 120 valence electrons. The van der Waals surface area contributed by atoms with Gasteiger partial charge in [0, 0.05) is 10.6 Å². The number of carboxylic acids is 1. The first-order chi connectivity index (χ1) is 11.0. The highest BCUT2D eigenvalue weighted by Crippen LogP contribution is 2.30. The molecule has 0 saturated heterocycles. The summed E-state index contributed by atoms with van der Waals surface area (Å²) in [6, 6.07) is 12.5. The van der Waals surface area contributed by atoms with Crippen LogP contribution in [0.2, 0.25) is 5.02 Å². The second-order valence-electron chi connectivity index (χ2n) is 4.63. The van der Waals surface area contributed by atoms with Gasteiger partial charge in [0.1, 0.15) is 6.61 Å². The highest BCUT2D eigenvalue weighted by molar-refractivity contribution is 7.85. The fourth-order valence-corrected chi connectivity index (χ4v) is 2.22. The van der Waals surface area contributed by atoms with E-state index in [0.717, 1.165) is 5.56 Å². The normalized spacial score (nSPS) is 11.2. The summed E-state index contributed by atoms with van der Waals surface area (Å²) in [4.78, 5) is 10.7. The Kier molecular flexibility index (Phi) is 5.96. The maximum Gasteiger partial charge on any atom is 0.341 e. The van der Waals surface area contributed by atoms with Gasteiger partial charge in [-0.05, 0) is 29.8 Å². The molecule has 4 nitrogen and oxygen atoms in total. The van der Waals surface area contributed by atoms with E-state index in [1.54, 1.807) is 24.3 Å². The molecule has 0 aliphatic heterocycles. The number of hydrogen-bond donors (Lipinski definition) is 2. The van der Waals surface area contributed by atoms with Crippen molar-refractivity contribution in [1.82, 2.24) is 0 Å². The van der Waals surface area contributed by atoms with Crippen molar-refractivity contribution >= 4 is 36.3 Å². The summed E-state index contributed by atoms with van der Waals surface area (Å²) in [7, 11) is 1.52. The Morgan fingerprint density at radius 3 is 2.65 bits per heavy atom. The van der Waals surface area contributed by atoms with Crippen LogP contribution in [0.3, 0.4) is 0 Å². The molecule has 0 aliphatic rings. The van der Waals surface area contributed by atoms with Gasteiger partial charge in [0.15, 0.2) is 11.5 Å². The van der Waals surface area contributed by atoms with Gasteiger partial charge in [-0.3, -0.25) is 0 Å². The third-order valence-electron chi connectivity index (χ3n) is 3.05. The molecule has 0 amide bonds. The van der Waals surface area contributed by atoms with Crippen LogP contribution in [-0.2, 0) is 11.4 Å². The second kappa shape index (κ2) is 7.94. The Labute approximate surface area is 144 Å². The molecule has 2 aromatic carbocycles. The van der Waals surface area contributed by atoms with E-state index in [9.17, 15) is 4.79 Å². The van der Waals surface area contributed by atoms with Gasteiger partial charge in [-0.2, -0.15) is 0 Å². The summed E-state index contributed by atoms with van der Waals surface area (Å²) in [5.74, 6) is -0.0516. The number of ether oxygens (including phenoxy) is 2. The summed E-state index contributed by atoms with van der Waals surface area (Å²) in [5.41, 5.74) is 1.52. The Morgan fingerprint density at radius 1 is 1.26 bits per heavy atom. The summed E-state index contributed by atoms with van der Waals surface area (Å²) >= 11 is 9.99. The van der Waals surface area contributed by atoms with Crippen LogP contribution in [0.4, 0.5) is 0 Å². The molecule has 23 heavy (non-hydrogen) atoms. The molecule has 0 heterocycles. The number of benzene rings is 2. The zero-order valence-electron chi connectivity index (χ0n) is 12.3. The zero-order valence-corrected chi connectivity index (χ0v) is 14.0. The minimum atomic E-state index is -1.09. The summed E-state index contributed by atoms with van der Waals surface area (Å²) in [5, 5.41) is 9.48. The van der Waals surface area contributed by atoms with Crippen LogP contribution in [0, 0.1) is 0 Å². The second-order valence-corrected chi connectivity index (χ2v) is 5.51. The van der Waals surface area contributed by atoms with E-state index in [1.807, 2.05) is 18.2 Å². The van der Waals surface area contributed by atoms with E-state index in [1.165, 1.54) is 13.2 Å². The molecule has 0 radical (unpaired) electrons. The Hall–Kier alpha value is -2.11. The van der Waals surface area contributed by atoms with Crippen molar-refractivity contribution in [2.45, 2.75) is 6.61 Å². The number of thiol groups is 1. The van der Waals surface area contributed by atoms with Gasteiger partial charge in [-0.15, -0.1) is 12.6 Å². The lowest BCUT2D eigenvalue weighted by Crippen LogP contribution is -1.99. The summed E-state index contributed by atoms with van der Waals surface area (Å²) < 4.78 is 11.0. The van der Waals surface area contributed by atoms with Gasteiger partial charge in [0.25, 0.3) is 0 Å². The fraction of sp³-hybridized carbons (Fsp3) is 0.118. The third-order valence-corrected chi connectivity index (χ3v) is 3.74. The number of carboxylic acid groups (broad SMARTS) is 1. The van der Waals surface area contributed by atoms with Crippen molar-refractivity contribution < 1.29 is 19.4 Å². The van der Waals surface area contributed by atoms with Crippen molar-refractivity contribution in [2.75, 3.05) is 7.11 Å². The maximum atomic E-state index is 10.8. The van der Waals surface area contributed by atoms with Crippen LogP contribution in [-0.4, -0.2) is 18.2 Å². The van der Waals surface area contributed by atoms with E-state index >= 15 is 0 Å². The predicted molar refractivity (Wildman–Crippen MR) is 93.4 cm³/mol. The topological polar surface area (TPSA) is 55.8 Å². The molecule has 6 heteroatoms. The van der Waals surface area contributed by atoms with E-state index in [2.05, 4.69) is 12.6 Å². The molecule has 0 aliphatic carbocycles. The van der Waals surface area contributed by atoms with Gasteiger partial charge in [-0.1, -0.05) is 35.9 Å². The Morgan fingerprint density at radius 2 is 2.00 bits per heavy atom. The highest BCUT2D eigenvalue weighted by Gasteiger charge is 2.08. The monoisotopic (exact) mass is 350 g/mol. The quantitative estimate of drug-likeness (QED) is 0.603. The molecule has 2 rings (SSSR count). The molecule has 1 N–H and O–H groups in total. The Balaban J connectivity index is 2.18. The first-order valence-electron chi connectivity index (χ1n) is 6.69. The van der Waals surface area contributed by atoms with Crippen LogP contribution in [0.25, 0.3) is 6.08 Å². The summed E-state index contributed by atoms with van der Waals surface area (Å²) in [6.45, 7) is 0.304. The molecule has 0 aromatic heterocycles. The van der Waals surface area contributed by atoms with Crippen molar-refractivity contribution in [1.29, 1.82) is 0 Å². The smallest absolute Gasteiger partial charge is 0.341 e. The van der Waals surface area contributed by atoms with Crippen LogP contribution in [0.1, 0.15) is 11.1 Å². The average Bonchev–Trinajstić information content (AvgIpc) is 2.54. The third kappa shape index (κ3) is 4.68.